The topological polar surface area (TPSA) is 87.5 Å². The number of hydrogen-bond acceptors (Lipinski definition) is 3. The van der Waals surface area contributed by atoms with Crippen molar-refractivity contribution in [1.82, 2.24) is 14.5 Å². The molecule has 2 N–H and O–H groups in total. The van der Waals surface area contributed by atoms with Crippen LogP contribution in [0.3, 0.4) is 0 Å². The molecule has 1 aliphatic rings. The molecule has 0 saturated carbocycles. The Labute approximate surface area is 152 Å². The van der Waals surface area contributed by atoms with E-state index in [9.17, 15) is 9.59 Å². The SMILES string of the molecule is CCCCn1ccnc1-c1cccc(NC(=O)N2CCC(C(=O)O)C2)c1. The molecule has 0 bridgehead atoms. The Kier molecular flexibility index (Phi) is 5.55. The van der Waals surface area contributed by atoms with Gasteiger partial charge < -0.3 is 19.9 Å². The van der Waals surface area contributed by atoms with Crippen molar-refractivity contribution >= 4 is 17.7 Å². The lowest BCUT2D eigenvalue weighted by atomic mass is 10.1. The van der Waals surface area contributed by atoms with Gasteiger partial charge in [-0.15, -0.1) is 0 Å². The first-order valence-electron chi connectivity index (χ1n) is 8.98. The smallest absolute Gasteiger partial charge is 0.321 e. The number of carboxylic acid groups (broad SMARTS) is 1. The van der Waals surface area contributed by atoms with Crippen LogP contribution >= 0.6 is 0 Å². The maximum absolute atomic E-state index is 12.4. The van der Waals surface area contributed by atoms with Gasteiger partial charge in [-0.25, -0.2) is 9.78 Å². The minimum Gasteiger partial charge on any atom is -0.481 e. The highest BCUT2D eigenvalue weighted by molar-refractivity contribution is 5.90. The van der Waals surface area contributed by atoms with Gasteiger partial charge in [0.25, 0.3) is 0 Å². The highest BCUT2D eigenvalue weighted by Gasteiger charge is 2.30. The van der Waals surface area contributed by atoms with E-state index in [4.69, 9.17) is 5.11 Å². The molecule has 0 radical (unpaired) electrons. The van der Waals surface area contributed by atoms with Gasteiger partial charge in [0.2, 0.25) is 0 Å². The number of amides is 2. The number of aryl methyl sites for hydroxylation is 1. The molecular weight excluding hydrogens is 332 g/mol. The number of imidazole rings is 1. The summed E-state index contributed by atoms with van der Waals surface area (Å²) < 4.78 is 2.11. The number of hydrogen-bond donors (Lipinski definition) is 2. The molecule has 1 aromatic heterocycles. The van der Waals surface area contributed by atoms with Crippen molar-refractivity contribution in [1.29, 1.82) is 0 Å². The predicted octanol–water partition coefficient (Wildman–Crippen LogP) is 3.29. The Balaban J connectivity index is 1.69. The van der Waals surface area contributed by atoms with E-state index in [2.05, 4.69) is 21.8 Å². The average molecular weight is 356 g/mol. The van der Waals surface area contributed by atoms with Crippen molar-refractivity contribution in [2.75, 3.05) is 18.4 Å². The molecule has 3 rings (SSSR count). The second kappa shape index (κ2) is 8.03. The van der Waals surface area contributed by atoms with Crippen LogP contribution < -0.4 is 5.32 Å². The number of carbonyl (C=O) groups excluding carboxylic acids is 1. The van der Waals surface area contributed by atoms with Gasteiger partial charge in [-0.3, -0.25) is 4.79 Å². The van der Waals surface area contributed by atoms with Gasteiger partial charge in [-0.2, -0.15) is 0 Å². The summed E-state index contributed by atoms with van der Waals surface area (Å²) in [5.74, 6) is -0.444. The van der Waals surface area contributed by atoms with Crippen LogP contribution in [0.2, 0.25) is 0 Å². The molecule has 7 nitrogen and oxygen atoms in total. The molecular formula is C19H24N4O3. The van der Waals surface area contributed by atoms with Crippen molar-refractivity contribution in [3.8, 4) is 11.4 Å². The summed E-state index contributed by atoms with van der Waals surface area (Å²) in [6.45, 7) is 3.78. The largest absolute Gasteiger partial charge is 0.481 e. The number of unbranched alkanes of at least 4 members (excludes halogenated alkanes) is 1. The summed E-state index contributed by atoms with van der Waals surface area (Å²) >= 11 is 0. The van der Waals surface area contributed by atoms with Gasteiger partial charge in [0.05, 0.1) is 5.92 Å². The van der Waals surface area contributed by atoms with Crippen molar-refractivity contribution in [3.63, 3.8) is 0 Å². The normalized spacial score (nSPS) is 16.7. The average Bonchev–Trinajstić information content (AvgIpc) is 3.29. The fourth-order valence-electron chi connectivity index (χ4n) is 3.16. The molecule has 2 aromatic rings. The second-order valence-corrected chi connectivity index (χ2v) is 6.58. The molecule has 138 valence electrons. The first kappa shape index (κ1) is 18.0. The highest BCUT2D eigenvalue weighted by atomic mass is 16.4. The first-order chi connectivity index (χ1) is 12.6. The quantitative estimate of drug-likeness (QED) is 0.831. The lowest BCUT2D eigenvalue weighted by Crippen LogP contribution is -2.33. The molecule has 1 aliphatic heterocycles. The number of benzene rings is 1. The van der Waals surface area contributed by atoms with Crippen molar-refractivity contribution in [2.24, 2.45) is 5.92 Å². The van der Waals surface area contributed by atoms with Crippen LogP contribution in [0.25, 0.3) is 11.4 Å². The zero-order chi connectivity index (χ0) is 18.5. The molecule has 26 heavy (non-hydrogen) atoms. The molecule has 0 spiro atoms. The van der Waals surface area contributed by atoms with Gasteiger partial charge >= 0.3 is 12.0 Å². The monoisotopic (exact) mass is 356 g/mol. The summed E-state index contributed by atoms with van der Waals surface area (Å²) in [6, 6.07) is 7.31. The van der Waals surface area contributed by atoms with Crippen LogP contribution in [0.5, 0.6) is 0 Å². The second-order valence-electron chi connectivity index (χ2n) is 6.58. The van der Waals surface area contributed by atoms with E-state index in [1.54, 1.807) is 11.1 Å². The maximum atomic E-state index is 12.4. The fourth-order valence-corrected chi connectivity index (χ4v) is 3.16. The van der Waals surface area contributed by atoms with Gasteiger partial charge in [0.1, 0.15) is 5.82 Å². The lowest BCUT2D eigenvalue weighted by molar-refractivity contribution is -0.141. The Bertz CT molecular complexity index is 787. The predicted molar refractivity (Wildman–Crippen MR) is 98.9 cm³/mol. The molecule has 2 heterocycles. The number of urea groups is 1. The summed E-state index contributed by atoms with van der Waals surface area (Å²) in [5.41, 5.74) is 1.62. The van der Waals surface area contributed by atoms with Gasteiger partial charge in [0.15, 0.2) is 0 Å². The fraction of sp³-hybridized carbons (Fsp3) is 0.421. The van der Waals surface area contributed by atoms with Crippen LogP contribution in [-0.4, -0.2) is 44.6 Å². The number of carbonyl (C=O) groups is 2. The summed E-state index contributed by atoms with van der Waals surface area (Å²) in [6.07, 6.45) is 6.44. The molecule has 0 aliphatic carbocycles. The van der Waals surface area contributed by atoms with E-state index in [0.717, 1.165) is 30.8 Å². The zero-order valence-electron chi connectivity index (χ0n) is 14.9. The van der Waals surface area contributed by atoms with Crippen LogP contribution in [0.15, 0.2) is 36.7 Å². The molecule has 1 atom stereocenters. The number of rotatable bonds is 6. The Morgan fingerprint density at radius 2 is 2.23 bits per heavy atom. The van der Waals surface area contributed by atoms with E-state index in [0.29, 0.717) is 18.7 Å². The number of anilines is 1. The third kappa shape index (κ3) is 4.04. The number of aliphatic carboxylic acids is 1. The van der Waals surface area contributed by atoms with Crippen molar-refractivity contribution in [2.45, 2.75) is 32.7 Å². The number of nitrogens with one attached hydrogen (secondary N) is 1. The molecule has 7 heteroatoms. The molecule has 1 aromatic carbocycles. The Morgan fingerprint density at radius 1 is 1.38 bits per heavy atom. The van der Waals surface area contributed by atoms with Crippen LogP contribution in [0.4, 0.5) is 10.5 Å². The Morgan fingerprint density at radius 3 is 2.96 bits per heavy atom. The summed E-state index contributed by atoms with van der Waals surface area (Å²) in [4.78, 5) is 29.4. The van der Waals surface area contributed by atoms with E-state index >= 15 is 0 Å². The Hall–Kier alpha value is -2.83. The molecule has 1 unspecified atom stereocenters. The minimum absolute atomic E-state index is 0.252. The van der Waals surface area contributed by atoms with Crippen LogP contribution in [0.1, 0.15) is 26.2 Å². The van der Waals surface area contributed by atoms with Gasteiger partial charge in [-0.1, -0.05) is 25.5 Å². The maximum Gasteiger partial charge on any atom is 0.321 e. The number of nitrogens with zero attached hydrogens (tertiary/aromatic N) is 3. The first-order valence-corrected chi connectivity index (χ1v) is 8.98. The van der Waals surface area contributed by atoms with Gasteiger partial charge in [-0.05, 0) is 25.0 Å². The lowest BCUT2D eigenvalue weighted by Gasteiger charge is -2.17. The number of aromatic nitrogens is 2. The van der Waals surface area contributed by atoms with E-state index in [1.807, 2.05) is 30.5 Å². The molecule has 1 saturated heterocycles. The van der Waals surface area contributed by atoms with E-state index < -0.39 is 11.9 Å². The van der Waals surface area contributed by atoms with E-state index in [-0.39, 0.29) is 12.6 Å². The summed E-state index contributed by atoms with van der Waals surface area (Å²) in [5, 5.41) is 11.9. The number of likely N-dealkylation sites (tertiary alicyclic amines) is 1. The minimum atomic E-state index is -0.846. The van der Waals surface area contributed by atoms with Crippen LogP contribution in [0, 0.1) is 5.92 Å². The summed E-state index contributed by atoms with van der Waals surface area (Å²) in [7, 11) is 0. The van der Waals surface area contributed by atoms with Gasteiger partial charge in [0, 0.05) is 43.3 Å². The highest BCUT2D eigenvalue weighted by Crippen LogP contribution is 2.23. The standard InChI is InChI=1S/C19H24N4O3/c1-2-3-9-22-11-8-20-17(22)14-5-4-6-16(12-14)21-19(26)23-10-7-15(13-23)18(24)25/h4-6,8,11-12,15H,2-3,7,9-10,13H2,1H3,(H,21,26)(H,24,25). The third-order valence-electron chi connectivity index (χ3n) is 4.66. The van der Waals surface area contributed by atoms with E-state index in [1.165, 1.54) is 0 Å². The van der Waals surface area contributed by atoms with Crippen LogP contribution in [-0.2, 0) is 11.3 Å². The van der Waals surface area contributed by atoms with Crippen molar-refractivity contribution in [3.05, 3.63) is 36.7 Å². The molecule has 1 fully saturated rings. The molecule has 2 amide bonds. The number of carboxylic acids is 1. The van der Waals surface area contributed by atoms with Crippen molar-refractivity contribution < 1.29 is 14.7 Å². The third-order valence-corrected chi connectivity index (χ3v) is 4.66. The zero-order valence-corrected chi connectivity index (χ0v) is 14.9.